The summed E-state index contributed by atoms with van der Waals surface area (Å²) in [6.07, 6.45) is 0. The molecular weight excluding hydrogens is 356 g/mol. The molecule has 2 aromatic carbocycles. The molecule has 0 bridgehead atoms. The second-order valence-corrected chi connectivity index (χ2v) is 7.73. The van der Waals surface area contributed by atoms with Gasteiger partial charge in [-0.3, -0.25) is 9.36 Å². The number of thioether (sulfide) groups is 1. The van der Waals surface area contributed by atoms with Gasteiger partial charge in [-0.1, -0.05) is 35.5 Å². The fourth-order valence-corrected chi connectivity index (χ4v) is 3.67. The van der Waals surface area contributed by atoms with Crippen molar-refractivity contribution in [1.29, 1.82) is 0 Å². The Morgan fingerprint density at radius 2 is 1.74 bits per heavy atom. The fourth-order valence-electron chi connectivity index (χ4n) is 2.87. The summed E-state index contributed by atoms with van der Waals surface area (Å²) in [5.41, 5.74) is 6.55. The highest BCUT2D eigenvalue weighted by atomic mass is 32.2. The number of amides is 1. The Morgan fingerprint density at radius 1 is 0.963 bits per heavy atom. The zero-order valence-electron chi connectivity index (χ0n) is 16.3. The minimum atomic E-state index is -0.0563. The molecule has 0 aliphatic heterocycles. The van der Waals surface area contributed by atoms with Gasteiger partial charge < -0.3 is 5.32 Å². The lowest BCUT2D eigenvalue weighted by atomic mass is 10.1. The van der Waals surface area contributed by atoms with Crippen LogP contribution in [0.2, 0.25) is 0 Å². The monoisotopic (exact) mass is 380 g/mol. The number of aryl methyl sites for hydroxylation is 5. The highest BCUT2D eigenvalue weighted by Gasteiger charge is 2.14. The van der Waals surface area contributed by atoms with E-state index in [4.69, 9.17) is 0 Å². The molecule has 0 aliphatic rings. The highest BCUT2D eigenvalue weighted by Crippen LogP contribution is 2.24. The van der Waals surface area contributed by atoms with Gasteiger partial charge in [0, 0.05) is 11.4 Å². The largest absolute Gasteiger partial charge is 0.325 e. The van der Waals surface area contributed by atoms with Gasteiger partial charge in [-0.2, -0.15) is 0 Å². The van der Waals surface area contributed by atoms with Gasteiger partial charge in [0.2, 0.25) is 5.91 Å². The van der Waals surface area contributed by atoms with E-state index in [9.17, 15) is 4.79 Å². The van der Waals surface area contributed by atoms with Gasteiger partial charge in [-0.25, -0.2) is 0 Å². The lowest BCUT2D eigenvalue weighted by Crippen LogP contribution is -2.15. The molecule has 0 aliphatic carbocycles. The number of hydrogen-bond acceptors (Lipinski definition) is 4. The molecule has 27 heavy (non-hydrogen) atoms. The normalized spacial score (nSPS) is 10.9. The molecule has 1 amide bonds. The van der Waals surface area contributed by atoms with Crippen molar-refractivity contribution in [2.75, 3.05) is 11.1 Å². The number of hydrogen-bond donors (Lipinski definition) is 1. The van der Waals surface area contributed by atoms with Crippen LogP contribution in [0.15, 0.2) is 41.6 Å². The van der Waals surface area contributed by atoms with E-state index in [2.05, 4.69) is 53.6 Å². The summed E-state index contributed by atoms with van der Waals surface area (Å²) in [5, 5.41) is 12.1. The van der Waals surface area contributed by atoms with Crippen molar-refractivity contribution in [3.63, 3.8) is 0 Å². The number of nitrogens with zero attached hydrogens (tertiary/aromatic N) is 3. The Morgan fingerprint density at radius 3 is 2.44 bits per heavy atom. The smallest absolute Gasteiger partial charge is 0.234 e. The van der Waals surface area contributed by atoms with Gasteiger partial charge in [-0.15, -0.1) is 10.2 Å². The van der Waals surface area contributed by atoms with Crippen molar-refractivity contribution in [2.45, 2.75) is 39.8 Å². The molecule has 0 fully saturated rings. The average molecular weight is 381 g/mol. The van der Waals surface area contributed by atoms with Crippen molar-refractivity contribution < 1.29 is 4.79 Å². The van der Waals surface area contributed by atoms with Crippen LogP contribution >= 0.6 is 11.8 Å². The molecule has 0 saturated carbocycles. The Kier molecular flexibility index (Phi) is 5.65. The number of anilines is 1. The maximum absolute atomic E-state index is 12.4. The summed E-state index contributed by atoms with van der Waals surface area (Å²) >= 11 is 1.39. The van der Waals surface area contributed by atoms with Crippen molar-refractivity contribution in [2.24, 2.45) is 0 Å². The fraction of sp³-hybridized carbons (Fsp3) is 0.286. The molecule has 0 saturated heterocycles. The maximum atomic E-state index is 12.4. The quantitative estimate of drug-likeness (QED) is 0.660. The first-order valence-electron chi connectivity index (χ1n) is 8.84. The highest BCUT2D eigenvalue weighted by molar-refractivity contribution is 7.99. The van der Waals surface area contributed by atoms with Gasteiger partial charge in [0.05, 0.1) is 5.75 Å². The minimum Gasteiger partial charge on any atom is -0.325 e. The molecule has 140 valence electrons. The summed E-state index contributed by atoms with van der Waals surface area (Å²) in [5.74, 6) is 1.02. The molecule has 1 aromatic heterocycles. The Balaban J connectivity index is 1.73. The first-order chi connectivity index (χ1) is 12.8. The molecule has 0 spiro atoms. The molecule has 3 rings (SSSR count). The van der Waals surface area contributed by atoms with Crippen LogP contribution in [0.25, 0.3) is 5.69 Å². The van der Waals surface area contributed by atoms with E-state index in [1.54, 1.807) is 0 Å². The predicted octanol–water partition coefficient (Wildman–Crippen LogP) is 4.54. The van der Waals surface area contributed by atoms with E-state index in [0.29, 0.717) is 5.16 Å². The summed E-state index contributed by atoms with van der Waals surface area (Å²) in [4.78, 5) is 12.4. The zero-order valence-corrected chi connectivity index (χ0v) is 17.1. The van der Waals surface area contributed by atoms with Crippen LogP contribution in [0.5, 0.6) is 0 Å². The molecule has 1 N–H and O–H groups in total. The first-order valence-corrected chi connectivity index (χ1v) is 9.83. The third-order valence-electron chi connectivity index (χ3n) is 4.53. The number of carbonyl (C=O) groups excluding carboxylic acids is 1. The molecule has 0 atom stereocenters. The van der Waals surface area contributed by atoms with Crippen molar-refractivity contribution in [3.8, 4) is 5.69 Å². The second kappa shape index (κ2) is 7.96. The molecule has 3 aromatic rings. The Bertz CT molecular complexity index is 994. The van der Waals surface area contributed by atoms with Crippen molar-refractivity contribution in [3.05, 3.63) is 64.5 Å². The predicted molar refractivity (Wildman–Crippen MR) is 111 cm³/mol. The standard InChI is InChI=1S/C21H24N4OS/c1-13-6-9-19(16(4)10-13)22-20(26)12-27-21-24-23-17(5)25(21)18-8-7-14(2)15(3)11-18/h6-11H,12H2,1-5H3,(H,22,26). The number of nitrogens with one attached hydrogen (secondary N) is 1. The van der Waals surface area contributed by atoms with Gasteiger partial charge in [0.25, 0.3) is 0 Å². The number of benzene rings is 2. The van der Waals surface area contributed by atoms with Gasteiger partial charge in [-0.05, 0) is 69.5 Å². The van der Waals surface area contributed by atoms with Crippen LogP contribution in [0.1, 0.15) is 28.1 Å². The van der Waals surface area contributed by atoms with E-state index in [0.717, 1.165) is 22.8 Å². The Hall–Kier alpha value is -2.60. The Labute approximate surface area is 164 Å². The number of aromatic nitrogens is 3. The van der Waals surface area contributed by atoms with Crippen LogP contribution in [0.4, 0.5) is 5.69 Å². The van der Waals surface area contributed by atoms with Crippen LogP contribution in [-0.2, 0) is 4.79 Å². The molecule has 5 nitrogen and oxygen atoms in total. The van der Waals surface area contributed by atoms with Gasteiger partial charge in [0.1, 0.15) is 5.82 Å². The van der Waals surface area contributed by atoms with E-state index in [1.807, 2.05) is 37.5 Å². The minimum absolute atomic E-state index is 0.0563. The third-order valence-corrected chi connectivity index (χ3v) is 5.46. The summed E-state index contributed by atoms with van der Waals surface area (Å²) in [6, 6.07) is 12.3. The lowest BCUT2D eigenvalue weighted by Gasteiger charge is -2.11. The van der Waals surface area contributed by atoms with Gasteiger partial charge >= 0.3 is 0 Å². The topological polar surface area (TPSA) is 59.8 Å². The van der Waals surface area contributed by atoms with Crippen molar-refractivity contribution in [1.82, 2.24) is 14.8 Å². The SMILES string of the molecule is Cc1ccc(NC(=O)CSc2nnc(C)n2-c2ccc(C)c(C)c2)c(C)c1. The third kappa shape index (κ3) is 4.39. The molecule has 1 heterocycles. The summed E-state index contributed by atoms with van der Waals surface area (Å²) in [6.45, 7) is 10.1. The maximum Gasteiger partial charge on any atom is 0.234 e. The molecular formula is C21H24N4OS. The number of rotatable bonds is 5. The summed E-state index contributed by atoms with van der Waals surface area (Å²) in [7, 11) is 0. The van der Waals surface area contributed by atoms with E-state index >= 15 is 0 Å². The van der Waals surface area contributed by atoms with Gasteiger partial charge in [0.15, 0.2) is 5.16 Å². The molecule has 0 unspecified atom stereocenters. The van der Waals surface area contributed by atoms with E-state index in [1.165, 1.54) is 28.5 Å². The van der Waals surface area contributed by atoms with E-state index in [-0.39, 0.29) is 11.7 Å². The first kappa shape index (κ1) is 19.2. The van der Waals surface area contributed by atoms with E-state index < -0.39 is 0 Å². The van der Waals surface area contributed by atoms with Crippen LogP contribution in [0.3, 0.4) is 0 Å². The lowest BCUT2D eigenvalue weighted by molar-refractivity contribution is -0.113. The second-order valence-electron chi connectivity index (χ2n) is 6.79. The average Bonchev–Trinajstić information content (AvgIpc) is 2.99. The van der Waals surface area contributed by atoms with Crippen LogP contribution in [-0.4, -0.2) is 26.4 Å². The molecule has 6 heteroatoms. The van der Waals surface area contributed by atoms with Crippen LogP contribution < -0.4 is 5.32 Å². The van der Waals surface area contributed by atoms with Crippen molar-refractivity contribution >= 4 is 23.4 Å². The summed E-state index contributed by atoms with van der Waals surface area (Å²) < 4.78 is 1.99. The molecule has 0 radical (unpaired) electrons. The van der Waals surface area contributed by atoms with Crippen LogP contribution in [0, 0.1) is 34.6 Å². The zero-order chi connectivity index (χ0) is 19.6. The number of carbonyl (C=O) groups is 1.